The molecule has 3 amide bonds. The predicted octanol–water partition coefficient (Wildman–Crippen LogP) is 0.498. The molecule has 9 nitrogen and oxygen atoms in total. The number of amides is 3. The minimum atomic E-state index is -0.0581. The maximum atomic E-state index is 12.6. The van der Waals surface area contributed by atoms with Gasteiger partial charge in [0.1, 0.15) is 12.7 Å². The van der Waals surface area contributed by atoms with Crippen LogP contribution >= 0.6 is 0 Å². The Bertz CT molecular complexity index is 633. The van der Waals surface area contributed by atoms with E-state index in [0.29, 0.717) is 38.0 Å². The number of likely N-dealkylation sites (tertiary alicyclic amines) is 1. The minimum Gasteiger partial charge on any atom is -0.341 e. The van der Waals surface area contributed by atoms with Crippen molar-refractivity contribution in [2.75, 3.05) is 45.8 Å². The van der Waals surface area contributed by atoms with Crippen molar-refractivity contribution in [2.45, 2.75) is 39.8 Å². The van der Waals surface area contributed by atoms with E-state index in [-0.39, 0.29) is 18.0 Å². The van der Waals surface area contributed by atoms with Gasteiger partial charge in [-0.1, -0.05) is 13.8 Å². The standard InChI is InChI=1S/C19H33N7O2/c1-15-8-16(2)10-25(9-15)18(27)12-23-4-6-24(7-5-23)19(28)22-17(3)11-26-14-20-13-21-26/h13-17H,4-12H2,1-3H3,(H,22,28)/t15-,16+,17-/m0/s1. The number of carbonyl (C=O) groups is 2. The molecule has 1 aromatic rings. The summed E-state index contributed by atoms with van der Waals surface area (Å²) >= 11 is 0. The molecule has 156 valence electrons. The van der Waals surface area contributed by atoms with E-state index in [4.69, 9.17) is 0 Å². The molecule has 1 N–H and O–H groups in total. The molecular weight excluding hydrogens is 358 g/mol. The highest BCUT2D eigenvalue weighted by Gasteiger charge is 2.28. The van der Waals surface area contributed by atoms with Crippen molar-refractivity contribution < 1.29 is 9.59 Å². The lowest BCUT2D eigenvalue weighted by atomic mass is 9.92. The summed E-state index contributed by atoms with van der Waals surface area (Å²) in [4.78, 5) is 35.0. The topological polar surface area (TPSA) is 86.6 Å². The molecule has 0 aromatic carbocycles. The fourth-order valence-corrected chi connectivity index (χ4v) is 4.22. The number of piperazine rings is 1. The first-order valence-corrected chi connectivity index (χ1v) is 10.3. The first-order valence-electron chi connectivity index (χ1n) is 10.3. The van der Waals surface area contributed by atoms with Crippen LogP contribution in [-0.2, 0) is 11.3 Å². The number of hydrogen-bond acceptors (Lipinski definition) is 5. The SMILES string of the molecule is C[C@@H]1C[C@H](C)CN(C(=O)CN2CCN(C(=O)N[C@@H](C)Cn3cncn3)CC2)C1. The summed E-state index contributed by atoms with van der Waals surface area (Å²) in [7, 11) is 0. The Kier molecular flexibility index (Phi) is 6.88. The van der Waals surface area contributed by atoms with Gasteiger partial charge in [0.15, 0.2) is 0 Å². The van der Waals surface area contributed by atoms with Crippen LogP contribution in [0, 0.1) is 11.8 Å². The van der Waals surface area contributed by atoms with E-state index >= 15 is 0 Å². The molecule has 3 atom stereocenters. The smallest absolute Gasteiger partial charge is 0.317 e. The Hall–Kier alpha value is -2.16. The Morgan fingerprint density at radius 1 is 1.11 bits per heavy atom. The van der Waals surface area contributed by atoms with Gasteiger partial charge in [-0.25, -0.2) is 9.78 Å². The normalized spacial score (nSPS) is 24.8. The minimum absolute atomic E-state index is 0.0307. The van der Waals surface area contributed by atoms with Gasteiger partial charge in [0, 0.05) is 45.3 Å². The molecule has 2 aliphatic heterocycles. The third kappa shape index (κ3) is 5.67. The highest BCUT2D eigenvalue weighted by molar-refractivity contribution is 5.78. The lowest BCUT2D eigenvalue weighted by Crippen LogP contribution is -2.55. The number of rotatable bonds is 5. The summed E-state index contributed by atoms with van der Waals surface area (Å²) in [6.07, 6.45) is 4.33. The molecule has 9 heteroatoms. The van der Waals surface area contributed by atoms with Gasteiger partial charge in [-0.2, -0.15) is 5.10 Å². The maximum absolute atomic E-state index is 12.6. The van der Waals surface area contributed by atoms with Crippen LogP contribution in [0.5, 0.6) is 0 Å². The van der Waals surface area contributed by atoms with Gasteiger partial charge in [-0.3, -0.25) is 14.4 Å². The van der Waals surface area contributed by atoms with Gasteiger partial charge in [-0.15, -0.1) is 0 Å². The molecule has 2 fully saturated rings. The van der Waals surface area contributed by atoms with Crippen LogP contribution in [0.1, 0.15) is 27.2 Å². The van der Waals surface area contributed by atoms with Crippen molar-refractivity contribution in [3.63, 3.8) is 0 Å². The van der Waals surface area contributed by atoms with Crippen molar-refractivity contribution in [2.24, 2.45) is 11.8 Å². The summed E-state index contributed by atoms with van der Waals surface area (Å²) in [6, 6.07) is -0.0887. The van der Waals surface area contributed by atoms with E-state index < -0.39 is 0 Å². The summed E-state index contributed by atoms with van der Waals surface area (Å²) < 4.78 is 1.71. The molecule has 0 spiro atoms. The number of piperidine rings is 1. The number of carbonyl (C=O) groups excluding carboxylic acids is 2. The lowest BCUT2D eigenvalue weighted by molar-refractivity contribution is -0.135. The second kappa shape index (κ2) is 9.36. The molecular formula is C19H33N7O2. The number of hydrogen-bond donors (Lipinski definition) is 1. The van der Waals surface area contributed by atoms with Gasteiger partial charge in [0.2, 0.25) is 5.91 Å². The van der Waals surface area contributed by atoms with Crippen molar-refractivity contribution >= 4 is 11.9 Å². The molecule has 28 heavy (non-hydrogen) atoms. The third-order valence-electron chi connectivity index (χ3n) is 5.54. The first-order chi connectivity index (χ1) is 13.4. The molecule has 1 aromatic heterocycles. The average Bonchev–Trinajstić information content (AvgIpc) is 3.14. The fraction of sp³-hybridized carbons (Fsp3) is 0.789. The number of aromatic nitrogens is 3. The monoisotopic (exact) mass is 391 g/mol. The molecule has 2 aliphatic rings. The second-order valence-electron chi connectivity index (χ2n) is 8.48. The summed E-state index contributed by atoms with van der Waals surface area (Å²) in [5, 5.41) is 7.07. The molecule has 2 saturated heterocycles. The van der Waals surface area contributed by atoms with Crippen LogP contribution in [0.15, 0.2) is 12.7 Å². The van der Waals surface area contributed by atoms with E-state index in [1.54, 1.807) is 11.0 Å². The fourth-order valence-electron chi connectivity index (χ4n) is 4.22. The van der Waals surface area contributed by atoms with Gasteiger partial charge in [0.05, 0.1) is 13.1 Å². The van der Waals surface area contributed by atoms with Crippen molar-refractivity contribution in [1.82, 2.24) is 34.8 Å². The summed E-state index contributed by atoms with van der Waals surface area (Å²) in [6.45, 7) is 11.9. The summed E-state index contributed by atoms with van der Waals surface area (Å²) in [5.74, 6) is 1.37. The van der Waals surface area contributed by atoms with E-state index in [1.807, 2.05) is 16.7 Å². The zero-order valence-corrected chi connectivity index (χ0v) is 17.3. The van der Waals surface area contributed by atoms with E-state index in [9.17, 15) is 9.59 Å². The predicted molar refractivity (Wildman–Crippen MR) is 106 cm³/mol. The second-order valence-corrected chi connectivity index (χ2v) is 8.48. The molecule has 3 rings (SSSR count). The Morgan fingerprint density at radius 2 is 1.79 bits per heavy atom. The highest BCUT2D eigenvalue weighted by atomic mass is 16.2. The highest BCUT2D eigenvalue weighted by Crippen LogP contribution is 2.21. The van der Waals surface area contributed by atoms with Gasteiger partial charge in [-0.05, 0) is 25.2 Å². The zero-order chi connectivity index (χ0) is 20.1. The number of nitrogens with zero attached hydrogens (tertiary/aromatic N) is 6. The van der Waals surface area contributed by atoms with Crippen molar-refractivity contribution in [1.29, 1.82) is 0 Å². The van der Waals surface area contributed by atoms with Crippen LogP contribution in [0.4, 0.5) is 4.79 Å². The van der Waals surface area contributed by atoms with E-state index in [0.717, 1.165) is 26.2 Å². The number of urea groups is 1. The van der Waals surface area contributed by atoms with Crippen LogP contribution in [0.25, 0.3) is 0 Å². The van der Waals surface area contributed by atoms with E-state index in [1.165, 1.54) is 12.7 Å². The molecule has 3 heterocycles. The van der Waals surface area contributed by atoms with Crippen molar-refractivity contribution in [3.8, 4) is 0 Å². The van der Waals surface area contributed by atoms with Crippen LogP contribution in [0.3, 0.4) is 0 Å². The Morgan fingerprint density at radius 3 is 2.39 bits per heavy atom. The van der Waals surface area contributed by atoms with Crippen LogP contribution in [0.2, 0.25) is 0 Å². The molecule has 0 unspecified atom stereocenters. The quantitative estimate of drug-likeness (QED) is 0.790. The van der Waals surface area contributed by atoms with Gasteiger partial charge >= 0.3 is 6.03 Å². The third-order valence-corrected chi connectivity index (χ3v) is 5.54. The zero-order valence-electron chi connectivity index (χ0n) is 17.3. The molecule has 0 saturated carbocycles. The van der Waals surface area contributed by atoms with Crippen LogP contribution < -0.4 is 5.32 Å². The van der Waals surface area contributed by atoms with Crippen LogP contribution in [-0.4, -0.2) is 93.3 Å². The Labute approximate surface area is 167 Å². The molecule has 0 aliphatic carbocycles. The maximum Gasteiger partial charge on any atom is 0.317 e. The largest absolute Gasteiger partial charge is 0.341 e. The van der Waals surface area contributed by atoms with Gasteiger partial charge < -0.3 is 15.1 Å². The van der Waals surface area contributed by atoms with Gasteiger partial charge in [0.25, 0.3) is 0 Å². The number of nitrogens with one attached hydrogen (secondary N) is 1. The molecule has 0 radical (unpaired) electrons. The molecule has 0 bridgehead atoms. The average molecular weight is 392 g/mol. The van der Waals surface area contributed by atoms with E-state index in [2.05, 4.69) is 34.1 Å². The first kappa shape index (κ1) is 20.6. The Balaban J connectivity index is 1.39. The summed E-state index contributed by atoms with van der Waals surface area (Å²) in [5.41, 5.74) is 0. The lowest BCUT2D eigenvalue weighted by Gasteiger charge is -2.38. The van der Waals surface area contributed by atoms with Crippen molar-refractivity contribution in [3.05, 3.63) is 12.7 Å².